The van der Waals surface area contributed by atoms with Crippen molar-refractivity contribution in [2.24, 2.45) is 0 Å². The molecule has 1 saturated heterocycles. The number of nitrogens with one attached hydrogen (secondary N) is 1. The maximum Gasteiger partial charge on any atom is 0.312 e. The number of nitrogens with zero attached hydrogens (tertiary/aromatic N) is 4. The van der Waals surface area contributed by atoms with Crippen LogP contribution in [0.15, 0.2) is 36.7 Å². The lowest BCUT2D eigenvalue weighted by atomic mass is 10.0. The third-order valence-corrected chi connectivity index (χ3v) is 5.12. The molecule has 1 fully saturated rings. The molecule has 0 radical (unpaired) electrons. The number of piperidine rings is 1. The molecule has 7 nitrogen and oxygen atoms in total. The van der Waals surface area contributed by atoms with Crippen LogP contribution < -0.4 is 10.1 Å². The van der Waals surface area contributed by atoms with E-state index in [9.17, 15) is 4.79 Å². The minimum absolute atomic E-state index is 0.213. The number of rotatable bonds is 7. The van der Waals surface area contributed by atoms with Crippen molar-refractivity contribution in [3.63, 3.8) is 0 Å². The zero-order chi connectivity index (χ0) is 19.9. The summed E-state index contributed by atoms with van der Waals surface area (Å²) in [6, 6.07) is 9.75. The molecular weight excluding hydrogens is 354 g/mol. The van der Waals surface area contributed by atoms with Gasteiger partial charge in [0.1, 0.15) is 17.9 Å². The SMILES string of the molecule is Cc1cc(Nc2cccc(OC(=O)CCN(C)C3CCN(C)CC3)c2)ncn1. The Balaban J connectivity index is 1.48. The van der Waals surface area contributed by atoms with E-state index in [1.807, 2.05) is 25.1 Å². The van der Waals surface area contributed by atoms with Crippen LogP contribution in [0.5, 0.6) is 5.75 Å². The Labute approximate surface area is 166 Å². The van der Waals surface area contributed by atoms with Gasteiger partial charge in [0.2, 0.25) is 0 Å². The van der Waals surface area contributed by atoms with Crippen LogP contribution in [0, 0.1) is 6.92 Å². The van der Waals surface area contributed by atoms with Gasteiger partial charge in [0.15, 0.2) is 0 Å². The second-order valence-electron chi connectivity index (χ2n) is 7.44. The van der Waals surface area contributed by atoms with E-state index >= 15 is 0 Å². The first-order chi connectivity index (χ1) is 13.5. The number of anilines is 2. The van der Waals surface area contributed by atoms with Gasteiger partial charge in [0.05, 0.1) is 6.42 Å². The molecule has 1 aromatic heterocycles. The van der Waals surface area contributed by atoms with Crippen LogP contribution in [-0.4, -0.2) is 65.5 Å². The molecule has 7 heteroatoms. The van der Waals surface area contributed by atoms with Gasteiger partial charge in [-0.05, 0) is 59.1 Å². The van der Waals surface area contributed by atoms with Gasteiger partial charge in [-0.25, -0.2) is 9.97 Å². The number of carbonyl (C=O) groups is 1. The van der Waals surface area contributed by atoms with Gasteiger partial charge in [0, 0.05) is 36.1 Å². The molecule has 1 aliphatic rings. The molecule has 0 aliphatic carbocycles. The van der Waals surface area contributed by atoms with Crippen LogP contribution in [0.4, 0.5) is 11.5 Å². The summed E-state index contributed by atoms with van der Waals surface area (Å²) in [6.07, 6.45) is 4.20. The first kappa shape index (κ1) is 20.2. The average molecular weight is 383 g/mol. The quantitative estimate of drug-likeness (QED) is 0.582. The van der Waals surface area contributed by atoms with Crippen molar-refractivity contribution in [2.75, 3.05) is 39.0 Å². The third kappa shape index (κ3) is 6.00. The lowest BCUT2D eigenvalue weighted by Crippen LogP contribution is -2.42. The zero-order valence-electron chi connectivity index (χ0n) is 16.9. The molecule has 0 saturated carbocycles. The Bertz CT molecular complexity index is 790. The van der Waals surface area contributed by atoms with Crippen LogP contribution in [0.1, 0.15) is 25.0 Å². The molecule has 1 aliphatic heterocycles. The van der Waals surface area contributed by atoms with Gasteiger partial charge in [0.25, 0.3) is 0 Å². The van der Waals surface area contributed by atoms with Crippen LogP contribution in [0.3, 0.4) is 0 Å². The van der Waals surface area contributed by atoms with Crippen molar-refractivity contribution in [3.05, 3.63) is 42.4 Å². The van der Waals surface area contributed by atoms with E-state index in [4.69, 9.17) is 4.74 Å². The van der Waals surface area contributed by atoms with Gasteiger partial charge in [-0.3, -0.25) is 4.79 Å². The van der Waals surface area contributed by atoms with Crippen molar-refractivity contribution in [2.45, 2.75) is 32.2 Å². The van der Waals surface area contributed by atoms with E-state index < -0.39 is 0 Å². The Morgan fingerprint density at radius 2 is 2.07 bits per heavy atom. The van der Waals surface area contributed by atoms with Gasteiger partial charge in [-0.1, -0.05) is 6.07 Å². The first-order valence-electron chi connectivity index (χ1n) is 9.75. The van der Waals surface area contributed by atoms with Crippen molar-refractivity contribution in [1.29, 1.82) is 0 Å². The lowest BCUT2D eigenvalue weighted by molar-refractivity contribution is -0.134. The number of likely N-dealkylation sites (tertiary alicyclic amines) is 1. The number of hydrogen-bond acceptors (Lipinski definition) is 7. The normalized spacial score (nSPS) is 15.6. The van der Waals surface area contributed by atoms with Crippen molar-refractivity contribution in [1.82, 2.24) is 19.8 Å². The summed E-state index contributed by atoms with van der Waals surface area (Å²) in [5.74, 6) is 1.02. The highest BCUT2D eigenvalue weighted by molar-refractivity contribution is 5.73. The molecule has 0 bridgehead atoms. The summed E-state index contributed by atoms with van der Waals surface area (Å²) in [5.41, 5.74) is 1.70. The predicted octanol–water partition coefficient (Wildman–Crippen LogP) is 2.85. The number of aryl methyl sites for hydroxylation is 1. The second kappa shape index (κ2) is 9.61. The van der Waals surface area contributed by atoms with Crippen molar-refractivity contribution >= 4 is 17.5 Å². The maximum absolute atomic E-state index is 12.3. The highest BCUT2D eigenvalue weighted by Gasteiger charge is 2.21. The van der Waals surface area contributed by atoms with Crippen LogP contribution in [0.2, 0.25) is 0 Å². The highest BCUT2D eigenvalue weighted by Crippen LogP contribution is 2.21. The number of hydrogen-bond donors (Lipinski definition) is 1. The lowest BCUT2D eigenvalue weighted by Gasteiger charge is -2.34. The molecule has 28 heavy (non-hydrogen) atoms. The van der Waals surface area contributed by atoms with Gasteiger partial charge in [-0.2, -0.15) is 0 Å². The first-order valence-corrected chi connectivity index (χ1v) is 9.75. The minimum atomic E-state index is -0.213. The second-order valence-corrected chi connectivity index (χ2v) is 7.44. The summed E-state index contributed by atoms with van der Waals surface area (Å²) in [5, 5.41) is 3.20. The summed E-state index contributed by atoms with van der Waals surface area (Å²) in [7, 11) is 4.25. The number of esters is 1. The Morgan fingerprint density at radius 1 is 1.29 bits per heavy atom. The molecule has 0 atom stereocenters. The molecule has 0 spiro atoms. The highest BCUT2D eigenvalue weighted by atomic mass is 16.5. The van der Waals surface area contributed by atoms with Crippen molar-refractivity contribution < 1.29 is 9.53 Å². The fourth-order valence-electron chi connectivity index (χ4n) is 3.38. The molecule has 150 valence electrons. The van der Waals surface area contributed by atoms with Crippen LogP contribution in [-0.2, 0) is 4.79 Å². The summed E-state index contributed by atoms with van der Waals surface area (Å²) < 4.78 is 5.52. The largest absolute Gasteiger partial charge is 0.426 e. The number of benzene rings is 1. The number of aromatic nitrogens is 2. The van der Waals surface area contributed by atoms with E-state index in [0.717, 1.165) is 37.3 Å². The summed E-state index contributed by atoms with van der Waals surface area (Å²) in [4.78, 5) is 25.2. The van der Waals surface area contributed by atoms with E-state index in [1.165, 1.54) is 6.33 Å². The maximum atomic E-state index is 12.3. The number of ether oxygens (including phenoxy) is 1. The minimum Gasteiger partial charge on any atom is -0.426 e. The molecule has 0 unspecified atom stereocenters. The molecule has 2 aromatic rings. The van der Waals surface area contributed by atoms with Gasteiger partial charge in [-0.15, -0.1) is 0 Å². The Kier molecular flexibility index (Phi) is 6.95. The predicted molar refractivity (Wildman–Crippen MR) is 110 cm³/mol. The molecule has 0 amide bonds. The van der Waals surface area contributed by atoms with E-state index in [0.29, 0.717) is 30.6 Å². The van der Waals surface area contributed by atoms with E-state index in [-0.39, 0.29) is 5.97 Å². The average Bonchev–Trinajstić information content (AvgIpc) is 2.67. The standard InChI is InChI=1S/C21H29N5O2/c1-16-13-20(23-15-22-16)24-17-5-4-6-19(14-17)28-21(27)9-12-26(3)18-7-10-25(2)11-8-18/h4-6,13-15,18H,7-12H2,1-3H3,(H,22,23,24). The van der Waals surface area contributed by atoms with Gasteiger partial charge >= 0.3 is 5.97 Å². The fraction of sp³-hybridized carbons (Fsp3) is 0.476. The Morgan fingerprint density at radius 3 is 2.82 bits per heavy atom. The molecule has 2 heterocycles. The van der Waals surface area contributed by atoms with Crippen LogP contribution in [0.25, 0.3) is 0 Å². The molecular formula is C21H29N5O2. The number of carbonyl (C=O) groups excluding carboxylic acids is 1. The van der Waals surface area contributed by atoms with Gasteiger partial charge < -0.3 is 19.9 Å². The van der Waals surface area contributed by atoms with Crippen molar-refractivity contribution in [3.8, 4) is 5.75 Å². The van der Waals surface area contributed by atoms with Crippen LogP contribution >= 0.6 is 0 Å². The molecule has 3 rings (SSSR count). The Hall–Kier alpha value is -2.51. The summed E-state index contributed by atoms with van der Waals surface area (Å²) in [6.45, 7) is 4.86. The molecule has 1 N–H and O–H groups in total. The third-order valence-electron chi connectivity index (χ3n) is 5.12. The smallest absolute Gasteiger partial charge is 0.312 e. The fourth-order valence-corrected chi connectivity index (χ4v) is 3.38. The molecule has 1 aromatic carbocycles. The van der Waals surface area contributed by atoms with E-state index in [1.54, 1.807) is 12.1 Å². The monoisotopic (exact) mass is 383 g/mol. The van der Waals surface area contributed by atoms with E-state index in [2.05, 4.69) is 39.2 Å². The topological polar surface area (TPSA) is 70.6 Å². The summed E-state index contributed by atoms with van der Waals surface area (Å²) >= 11 is 0. The zero-order valence-corrected chi connectivity index (χ0v) is 16.9.